The molecule has 0 heterocycles. The zero-order valence-corrected chi connectivity index (χ0v) is 13.1. The Morgan fingerprint density at radius 2 is 1.91 bits per heavy atom. The van der Waals surface area contributed by atoms with Crippen LogP contribution >= 0.6 is 0 Å². The number of ether oxygens (including phenoxy) is 2. The molecule has 0 spiro atoms. The first-order valence-electron chi connectivity index (χ1n) is 7.20. The predicted octanol–water partition coefficient (Wildman–Crippen LogP) is 2.65. The molecule has 0 saturated heterocycles. The van der Waals surface area contributed by atoms with Crippen molar-refractivity contribution in [1.29, 1.82) is 5.26 Å². The molecule has 0 aliphatic heterocycles. The summed E-state index contributed by atoms with van der Waals surface area (Å²) < 4.78 is 10.8. The third-order valence-electron chi connectivity index (χ3n) is 3.31. The molecule has 0 aliphatic rings. The molecule has 1 atom stereocenters. The fourth-order valence-electron chi connectivity index (χ4n) is 2.04. The summed E-state index contributed by atoms with van der Waals surface area (Å²) in [6.07, 6.45) is -0.641. The van der Waals surface area contributed by atoms with Gasteiger partial charge in [-0.1, -0.05) is 18.2 Å². The van der Waals surface area contributed by atoms with Crippen LogP contribution < -0.4 is 14.8 Å². The van der Waals surface area contributed by atoms with Crippen LogP contribution in [0.4, 0.5) is 0 Å². The van der Waals surface area contributed by atoms with Crippen molar-refractivity contribution in [2.24, 2.45) is 0 Å². The Morgan fingerprint density at radius 3 is 2.57 bits per heavy atom. The third kappa shape index (κ3) is 4.48. The van der Waals surface area contributed by atoms with Crippen LogP contribution in [-0.4, -0.2) is 19.1 Å². The van der Waals surface area contributed by atoms with Crippen molar-refractivity contribution in [3.8, 4) is 17.6 Å². The first-order valence-corrected chi connectivity index (χ1v) is 7.20. The van der Waals surface area contributed by atoms with Crippen LogP contribution in [-0.2, 0) is 11.3 Å². The Labute approximate surface area is 135 Å². The number of amides is 1. The minimum absolute atomic E-state index is 0.222. The number of benzene rings is 2. The molecule has 118 valence electrons. The van der Waals surface area contributed by atoms with Gasteiger partial charge in [0, 0.05) is 12.1 Å². The first-order chi connectivity index (χ1) is 11.1. The van der Waals surface area contributed by atoms with Crippen LogP contribution in [0.15, 0.2) is 48.5 Å². The molecular weight excluding hydrogens is 292 g/mol. The highest BCUT2D eigenvalue weighted by Crippen LogP contribution is 2.17. The van der Waals surface area contributed by atoms with E-state index in [0.29, 0.717) is 17.9 Å². The summed E-state index contributed by atoms with van der Waals surface area (Å²) in [6.45, 7) is 2.04. The highest BCUT2D eigenvalue weighted by atomic mass is 16.5. The SMILES string of the molecule is COc1ccccc1CNC(=O)C(C)Oc1ccc(C#N)cc1. The van der Waals surface area contributed by atoms with Gasteiger partial charge in [-0.05, 0) is 37.3 Å². The molecule has 2 rings (SSSR count). The van der Waals surface area contributed by atoms with Crippen LogP contribution in [0.25, 0.3) is 0 Å². The molecule has 1 N–H and O–H groups in total. The fourth-order valence-corrected chi connectivity index (χ4v) is 2.04. The summed E-state index contributed by atoms with van der Waals surface area (Å²) in [5, 5.41) is 11.6. The van der Waals surface area contributed by atoms with Gasteiger partial charge in [0.2, 0.25) is 0 Å². The van der Waals surface area contributed by atoms with Crippen LogP contribution in [0, 0.1) is 11.3 Å². The van der Waals surface area contributed by atoms with Crippen molar-refractivity contribution < 1.29 is 14.3 Å². The first kappa shape index (κ1) is 16.4. The van der Waals surface area contributed by atoms with Crippen LogP contribution in [0.2, 0.25) is 0 Å². The molecule has 1 unspecified atom stereocenters. The van der Waals surface area contributed by atoms with Crippen molar-refractivity contribution in [3.05, 3.63) is 59.7 Å². The lowest BCUT2D eigenvalue weighted by molar-refractivity contribution is -0.127. The Morgan fingerprint density at radius 1 is 1.22 bits per heavy atom. The number of hydrogen-bond acceptors (Lipinski definition) is 4. The van der Waals surface area contributed by atoms with Crippen LogP contribution in [0.1, 0.15) is 18.1 Å². The lowest BCUT2D eigenvalue weighted by Gasteiger charge is -2.15. The minimum atomic E-state index is -0.641. The number of carbonyl (C=O) groups is 1. The second kappa shape index (κ2) is 7.85. The Kier molecular flexibility index (Phi) is 5.59. The summed E-state index contributed by atoms with van der Waals surface area (Å²) in [5.41, 5.74) is 1.44. The number of nitriles is 1. The van der Waals surface area contributed by atoms with Gasteiger partial charge in [-0.2, -0.15) is 5.26 Å². The standard InChI is InChI=1S/C18H18N2O3/c1-13(23-16-9-7-14(11-19)8-10-16)18(21)20-12-15-5-3-4-6-17(15)22-2/h3-10,13H,12H2,1-2H3,(H,20,21). The largest absolute Gasteiger partial charge is 0.496 e. The summed E-state index contributed by atoms with van der Waals surface area (Å²) in [6, 6.07) is 16.2. The molecule has 0 radical (unpaired) electrons. The van der Waals surface area contributed by atoms with E-state index < -0.39 is 6.10 Å². The van der Waals surface area contributed by atoms with Crippen molar-refractivity contribution >= 4 is 5.91 Å². The van der Waals surface area contributed by atoms with Crippen molar-refractivity contribution in [1.82, 2.24) is 5.32 Å². The molecule has 1 amide bonds. The third-order valence-corrected chi connectivity index (χ3v) is 3.31. The van der Waals surface area contributed by atoms with E-state index in [1.807, 2.05) is 30.3 Å². The van der Waals surface area contributed by atoms with Gasteiger partial charge in [0.1, 0.15) is 11.5 Å². The molecule has 5 nitrogen and oxygen atoms in total. The van der Waals surface area contributed by atoms with E-state index in [1.54, 1.807) is 38.3 Å². The second-order valence-electron chi connectivity index (χ2n) is 4.93. The molecule has 0 bridgehead atoms. The number of methoxy groups -OCH3 is 1. The normalized spacial score (nSPS) is 11.2. The number of rotatable bonds is 6. The fraction of sp³-hybridized carbons (Fsp3) is 0.222. The summed E-state index contributed by atoms with van der Waals surface area (Å²) in [7, 11) is 1.59. The highest BCUT2D eigenvalue weighted by Gasteiger charge is 2.15. The van der Waals surface area contributed by atoms with E-state index in [0.717, 1.165) is 11.3 Å². The Balaban J connectivity index is 1.90. The molecular formula is C18H18N2O3. The van der Waals surface area contributed by atoms with Gasteiger partial charge < -0.3 is 14.8 Å². The zero-order valence-electron chi connectivity index (χ0n) is 13.1. The molecule has 5 heteroatoms. The van der Waals surface area contributed by atoms with Gasteiger partial charge in [-0.15, -0.1) is 0 Å². The van der Waals surface area contributed by atoms with E-state index in [2.05, 4.69) is 5.32 Å². The minimum Gasteiger partial charge on any atom is -0.496 e. The maximum Gasteiger partial charge on any atom is 0.261 e. The Hall–Kier alpha value is -3.00. The summed E-state index contributed by atoms with van der Waals surface area (Å²) in [5.74, 6) is 1.05. The number of hydrogen-bond donors (Lipinski definition) is 1. The van der Waals surface area contributed by atoms with Crippen molar-refractivity contribution in [2.45, 2.75) is 19.6 Å². The van der Waals surface area contributed by atoms with E-state index in [1.165, 1.54) is 0 Å². The maximum atomic E-state index is 12.1. The molecule has 2 aromatic carbocycles. The topological polar surface area (TPSA) is 71.3 Å². The number of nitrogens with zero attached hydrogens (tertiary/aromatic N) is 1. The van der Waals surface area contributed by atoms with E-state index in [4.69, 9.17) is 14.7 Å². The van der Waals surface area contributed by atoms with Gasteiger partial charge >= 0.3 is 0 Å². The summed E-state index contributed by atoms with van der Waals surface area (Å²) in [4.78, 5) is 12.1. The highest BCUT2D eigenvalue weighted by molar-refractivity contribution is 5.80. The molecule has 23 heavy (non-hydrogen) atoms. The monoisotopic (exact) mass is 310 g/mol. The van der Waals surface area contributed by atoms with E-state index in [-0.39, 0.29) is 5.91 Å². The van der Waals surface area contributed by atoms with Crippen molar-refractivity contribution in [3.63, 3.8) is 0 Å². The molecule has 0 aromatic heterocycles. The lowest BCUT2D eigenvalue weighted by Crippen LogP contribution is -2.35. The summed E-state index contributed by atoms with van der Waals surface area (Å²) >= 11 is 0. The molecule has 2 aromatic rings. The van der Waals surface area contributed by atoms with Gasteiger partial charge in [-0.25, -0.2) is 0 Å². The van der Waals surface area contributed by atoms with Crippen LogP contribution in [0.5, 0.6) is 11.5 Å². The molecule has 0 fully saturated rings. The van der Waals surface area contributed by atoms with Crippen molar-refractivity contribution in [2.75, 3.05) is 7.11 Å². The van der Waals surface area contributed by atoms with Gasteiger partial charge in [0.05, 0.1) is 18.7 Å². The maximum absolute atomic E-state index is 12.1. The smallest absolute Gasteiger partial charge is 0.261 e. The quantitative estimate of drug-likeness (QED) is 0.890. The predicted molar refractivity (Wildman–Crippen MR) is 86.1 cm³/mol. The molecule has 0 saturated carbocycles. The van der Waals surface area contributed by atoms with Gasteiger partial charge in [-0.3, -0.25) is 4.79 Å². The van der Waals surface area contributed by atoms with E-state index in [9.17, 15) is 4.79 Å². The number of nitrogens with one attached hydrogen (secondary N) is 1. The van der Waals surface area contributed by atoms with E-state index >= 15 is 0 Å². The van der Waals surface area contributed by atoms with Gasteiger partial charge in [0.15, 0.2) is 6.10 Å². The zero-order chi connectivity index (χ0) is 16.7. The average Bonchev–Trinajstić information content (AvgIpc) is 2.60. The van der Waals surface area contributed by atoms with Crippen LogP contribution in [0.3, 0.4) is 0 Å². The Bertz CT molecular complexity index is 705. The second-order valence-corrected chi connectivity index (χ2v) is 4.93. The number of carbonyl (C=O) groups excluding carboxylic acids is 1. The van der Waals surface area contributed by atoms with Gasteiger partial charge in [0.25, 0.3) is 5.91 Å². The molecule has 0 aliphatic carbocycles. The lowest BCUT2D eigenvalue weighted by atomic mass is 10.2. The number of para-hydroxylation sites is 1. The average molecular weight is 310 g/mol.